The average molecular weight is 123 g/mol. The molecule has 0 N–H and O–H groups in total. The molecule has 0 saturated carbocycles. The monoisotopic (exact) mass is 123 g/mol. The molecule has 0 aromatic rings. The molecule has 0 rings (SSSR count). The van der Waals surface area contributed by atoms with Gasteiger partial charge in [0.25, 0.3) is 0 Å². The fraction of sp³-hybridized carbons (Fsp3) is 0.375. The second-order valence-electron chi connectivity index (χ2n) is 1.87. The first-order valence-corrected chi connectivity index (χ1v) is 3.01. The first kappa shape index (κ1) is 8.15. The third-order valence-electron chi connectivity index (χ3n) is 1.29. The van der Waals surface area contributed by atoms with Crippen LogP contribution in [0.1, 0.15) is 20.8 Å². The zero-order valence-electron chi connectivity index (χ0n) is 6.31. The van der Waals surface area contributed by atoms with Crippen LogP contribution in [0.5, 0.6) is 0 Å². The van der Waals surface area contributed by atoms with Crippen LogP contribution >= 0.6 is 0 Å². The van der Waals surface area contributed by atoms with E-state index in [0.29, 0.717) is 0 Å². The zero-order valence-corrected chi connectivity index (χ0v) is 6.31. The fourth-order valence-corrected chi connectivity index (χ4v) is 0.448. The number of nitrogens with zero attached hydrogens (tertiary/aromatic N) is 1. The summed E-state index contributed by atoms with van der Waals surface area (Å²) in [6.07, 6.45) is 3.59. The highest BCUT2D eigenvalue weighted by Crippen LogP contribution is 1.95. The van der Waals surface area contributed by atoms with Crippen molar-refractivity contribution in [2.75, 3.05) is 0 Å². The highest BCUT2D eigenvalue weighted by Gasteiger charge is 1.87. The first-order valence-electron chi connectivity index (χ1n) is 3.01. The van der Waals surface area contributed by atoms with Gasteiger partial charge in [0.05, 0.1) is 0 Å². The standard InChI is InChI=1S/C8H13N/c1-5-7(3)8(4)9-6-2/h5-6H,2H2,1,3-4H3/b7-5+,9-8?. The van der Waals surface area contributed by atoms with Crippen molar-refractivity contribution in [3.8, 4) is 0 Å². The van der Waals surface area contributed by atoms with Gasteiger partial charge in [0, 0.05) is 11.9 Å². The Hall–Kier alpha value is -0.850. The Kier molecular flexibility index (Phi) is 3.69. The van der Waals surface area contributed by atoms with Gasteiger partial charge in [0.1, 0.15) is 0 Å². The predicted molar refractivity (Wildman–Crippen MR) is 42.7 cm³/mol. The number of rotatable bonds is 2. The summed E-state index contributed by atoms with van der Waals surface area (Å²) in [6.45, 7) is 9.50. The van der Waals surface area contributed by atoms with E-state index < -0.39 is 0 Å². The highest BCUT2D eigenvalue weighted by molar-refractivity contribution is 5.97. The molecule has 0 radical (unpaired) electrons. The van der Waals surface area contributed by atoms with Gasteiger partial charge in [-0.2, -0.15) is 0 Å². The summed E-state index contributed by atoms with van der Waals surface area (Å²) < 4.78 is 0. The van der Waals surface area contributed by atoms with Crippen LogP contribution in [0.15, 0.2) is 29.4 Å². The summed E-state index contributed by atoms with van der Waals surface area (Å²) in [5.41, 5.74) is 2.24. The van der Waals surface area contributed by atoms with Crippen LogP contribution in [0.25, 0.3) is 0 Å². The number of hydrogen-bond acceptors (Lipinski definition) is 1. The number of allylic oxidation sites excluding steroid dienone is 2. The lowest BCUT2D eigenvalue weighted by atomic mass is 10.2. The maximum atomic E-state index is 4.01. The quantitative estimate of drug-likeness (QED) is 0.500. The normalized spacial score (nSPS) is 13.7. The van der Waals surface area contributed by atoms with Gasteiger partial charge < -0.3 is 0 Å². The average Bonchev–Trinajstić information content (AvgIpc) is 1.87. The molecular formula is C8H13N. The van der Waals surface area contributed by atoms with E-state index in [0.717, 1.165) is 5.71 Å². The topological polar surface area (TPSA) is 12.4 Å². The molecule has 0 atom stereocenters. The summed E-state index contributed by atoms with van der Waals surface area (Å²) >= 11 is 0. The van der Waals surface area contributed by atoms with Gasteiger partial charge in [-0.3, -0.25) is 4.99 Å². The van der Waals surface area contributed by atoms with E-state index >= 15 is 0 Å². The molecule has 0 aliphatic carbocycles. The van der Waals surface area contributed by atoms with Gasteiger partial charge in [-0.25, -0.2) is 0 Å². The first-order chi connectivity index (χ1) is 4.22. The molecule has 0 aliphatic heterocycles. The van der Waals surface area contributed by atoms with Crippen molar-refractivity contribution in [1.29, 1.82) is 0 Å². The summed E-state index contributed by atoms with van der Waals surface area (Å²) in [5.74, 6) is 0. The molecule has 50 valence electrons. The van der Waals surface area contributed by atoms with Gasteiger partial charge in [-0.15, -0.1) is 0 Å². The Bertz CT molecular complexity index is 152. The molecule has 0 aliphatic rings. The largest absolute Gasteiger partial charge is 0.262 e. The third-order valence-corrected chi connectivity index (χ3v) is 1.29. The molecule has 0 unspecified atom stereocenters. The van der Waals surface area contributed by atoms with Crippen LogP contribution < -0.4 is 0 Å². The maximum absolute atomic E-state index is 4.01. The third kappa shape index (κ3) is 2.85. The van der Waals surface area contributed by atoms with Crippen molar-refractivity contribution in [1.82, 2.24) is 0 Å². The van der Waals surface area contributed by atoms with Gasteiger partial charge in [0.15, 0.2) is 0 Å². The summed E-state index contributed by atoms with van der Waals surface area (Å²) in [4.78, 5) is 4.01. The molecule has 0 aromatic carbocycles. The smallest absolute Gasteiger partial charge is 0.0398 e. The van der Waals surface area contributed by atoms with E-state index in [4.69, 9.17) is 0 Å². The van der Waals surface area contributed by atoms with E-state index in [9.17, 15) is 0 Å². The van der Waals surface area contributed by atoms with E-state index in [2.05, 4.69) is 11.6 Å². The van der Waals surface area contributed by atoms with Crippen LogP contribution in [-0.2, 0) is 0 Å². The van der Waals surface area contributed by atoms with Gasteiger partial charge in [-0.1, -0.05) is 12.7 Å². The Morgan fingerprint density at radius 2 is 2.00 bits per heavy atom. The van der Waals surface area contributed by atoms with Crippen molar-refractivity contribution < 1.29 is 0 Å². The Morgan fingerprint density at radius 1 is 1.44 bits per heavy atom. The number of hydrogen-bond donors (Lipinski definition) is 0. The molecule has 1 nitrogen and oxygen atoms in total. The van der Waals surface area contributed by atoms with Crippen molar-refractivity contribution in [2.45, 2.75) is 20.8 Å². The molecule has 0 saturated heterocycles. The van der Waals surface area contributed by atoms with Crippen LogP contribution in [0.4, 0.5) is 0 Å². The molecule has 9 heavy (non-hydrogen) atoms. The summed E-state index contributed by atoms with van der Waals surface area (Å²) in [5, 5.41) is 0. The minimum Gasteiger partial charge on any atom is -0.262 e. The Balaban J connectivity index is 4.19. The summed E-state index contributed by atoms with van der Waals surface area (Å²) in [6, 6.07) is 0. The van der Waals surface area contributed by atoms with Crippen molar-refractivity contribution in [3.63, 3.8) is 0 Å². The molecule has 0 aromatic heterocycles. The van der Waals surface area contributed by atoms with Gasteiger partial charge in [0.2, 0.25) is 0 Å². The van der Waals surface area contributed by atoms with Crippen molar-refractivity contribution in [3.05, 3.63) is 24.4 Å². The lowest BCUT2D eigenvalue weighted by molar-refractivity contribution is 1.45. The van der Waals surface area contributed by atoms with Crippen LogP contribution in [0.2, 0.25) is 0 Å². The van der Waals surface area contributed by atoms with E-state index in [1.54, 1.807) is 6.20 Å². The predicted octanol–water partition coefficient (Wildman–Crippen LogP) is 2.56. The minimum absolute atomic E-state index is 1.03. The minimum atomic E-state index is 1.03. The zero-order chi connectivity index (χ0) is 7.28. The molecule has 0 amide bonds. The molecule has 0 fully saturated rings. The molecule has 1 heteroatoms. The molecular weight excluding hydrogens is 110 g/mol. The summed E-state index contributed by atoms with van der Waals surface area (Å²) in [7, 11) is 0. The van der Waals surface area contributed by atoms with Crippen LogP contribution in [0, 0.1) is 0 Å². The Morgan fingerprint density at radius 3 is 2.33 bits per heavy atom. The van der Waals surface area contributed by atoms with Gasteiger partial charge >= 0.3 is 0 Å². The van der Waals surface area contributed by atoms with Crippen molar-refractivity contribution in [2.24, 2.45) is 4.99 Å². The molecule has 0 spiro atoms. The maximum Gasteiger partial charge on any atom is 0.0398 e. The van der Waals surface area contributed by atoms with Crippen LogP contribution in [-0.4, -0.2) is 5.71 Å². The van der Waals surface area contributed by atoms with Gasteiger partial charge in [-0.05, 0) is 26.3 Å². The lowest BCUT2D eigenvalue weighted by Crippen LogP contribution is -1.90. The Labute approximate surface area is 56.8 Å². The molecule has 0 bridgehead atoms. The van der Waals surface area contributed by atoms with E-state index in [1.165, 1.54) is 5.57 Å². The van der Waals surface area contributed by atoms with Crippen LogP contribution in [0.3, 0.4) is 0 Å². The van der Waals surface area contributed by atoms with E-state index in [1.807, 2.05) is 26.8 Å². The van der Waals surface area contributed by atoms with Crippen molar-refractivity contribution >= 4 is 5.71 Å². The second kappa shape index (κ2) is 4.07. The number of aliphatic imine (C=N–C) groups is 1. The van der Waals surface area contributed by atoms with E-state index in [-0.39, 0.29) is 0 Å². The second-order valence-corrected chi connectivity index (χ2v) is 1.87. The lowest BCUT2D eigenvalue weighted by Gasteiger charge is -1.94. The SMILES string of the molecule is C=CN=C(C)/C(C)=C/C. The highest BCUT2D eigenvalue weighted by atomic mass is 14.7. The molecule has 0 heterocycles. The fourth-order valence-electron chi connectivity index (χ4n) is 0.448.